The Bertz CT molecular complexity index is 342. The van der Waals surface area contributed by atoms with Crippen LogP contribution in [0.5, 0.6) is 0 Å². The zero-order valence-corrected chi connectivity index (χ0v) is 8.05. The van der Waals surface area contributed by atoms with Crippen LogP contribution in [-0.4, -0.2) is 33.9 Å². The van der Waals surface area contributed by atoms with Crippen LogP contribution >= 0.6 is 22.9 Å². The number of β-amino-alcohol motifs (C(OH)–C–C–N with tert-alkyl or cyclic N) is 1. The number of aromatic nitrogens is 2. The fourth-order valence-electron chi connectivity index (χ4n) is 1.18. The van der Waals surface area contributed by atoms with Crippen LogP contribution < -0.4 is 4.90 Å². The van der Waals surface area contributed by atoms with E-state index < -0.39 is 6.10 Å². The molecule has 2 heterocycles. The highest BCUT2D eigenvalue weighted by Gasteiger charge is 2.31. The number of nitrogens with zero attached hydrogens (tertiary/aromatic N) is 3. The summed E-state index contributed by atoms with van der Waals surface area (Å²) in [6.07, 6.45) is -0.452. The van der Waals surface area contributed by atoms with E-state index in [-0.39, 0.29) is 18.9 Å². The van der Waals surface area contributed by atoms with Crippen molar-refractivity contribution in [3.05, 3.63) is 4.47 Å². The summed E-state index contributed by atoms with van der Waals surface area (Å²) in [5.41, 5.74) is 0. The van der Waals surface area contributed by atoms with E-state index >= 15 is 0 Å². The molecular weight excluding hydrogens is 214 g/mol. The lowest BCUT2D eigenvalue weighted by Gasteiger charge is -2.09. The summed E-state index contributed by atoms with van der Waals surface area (Å²) in [6.45, 7) is 0.282. The fourth-order valence-corrected chi connectivity index (χ4v) is 2.03. The van der Waals surface area contributed by atoms with Gasteiger partial charge in [-0.15, -0.1) is 10.2 Å². The van der Waals surface area contributed by atoms with Crippen LogP contribution in [0.1, 0.15) is 6.42 Å². The molecule has 0 aliphatic carbocycles. The Kier molecular flexibility index (Phi) is 2.19. The Balaban J connectivity index is 2.22. The van der Waals surface area contributed by atoms with Crippen molar-refractivity contribution in [3.63, 3.8) is 0 Å². The third kappa shape index (κ3) is 1.65. The number of amides is 1. The summed E-state index contributed by atoms with van der Waals surface area (Å²) in [7, 11) is 0. The van der Waals surface area contributed by atoms with E-state index in [0.29, 0.717) is 9.60 Å². The van der Waals surface area contributed by atoms with Gasteiger partial charge in [0.1, 0.15) is 0 Å². The van der Waals surface area contributed by atoms with Crippen molar-refractivity contribution in [2.75, 3.05) is 11.4 Å². The molecule has 0 spiro atoms. The highest BCUT2D eigenvalue weighted by molar-refractivity contribution is 7.19. The molecule has 0 aromatic carbocycles. The first-order valence-corrected chi connectivity index (χ1v) is 4.83. The number of aliphatic hydroxyl groups excluding tert-OH is 1. The normalized spacial score (nSPS) is 22.8. The van der Waals surface area contributed by atoms with Crippen LogP contribution in [0, 0.1) is 0 Å². The molecule has 1 saturated heterocycles. The Morgan fingerprint density at radius 2 is 2.38 bits per heavy atom. The van der Waals surface area contributed by atoms with Crippen LogP contribution in [-0.2, 0) is 4.79 Å². The van der Waals surface area contributed by atoms with E-state index in [2.05, 4.69) is 10.2 Å². The maximum absolute atomic E-state index is 11.3. The van der Waals surface area contributed by atoms with Gasteiger partial charge in [-0.2, -0.15) is 0 Å². The minimum atomic E-state index is -0.602. The molecule has 7 heteroatoms. The molecule has 0 radical (unpaired) electrons. The van der Waals surface area contributed by atoms with Crippen molar-refractivity contribution < 1.29 is 9.90 Å². The molecule has 1 amide bonds. The summed E-state index contributed by atoms with van der Waals surface area (Å²) in [4.78, 5) is 12.7. The number of anilines is 1. The molecule has 1 atom stereocenters. The quantitative estimate of drug-likeness (QED) is 0.737. The predicted octanol–water partition coefficient (Wildman–Crippen LogP) is 0.289. The van der Waals surface area contributed by atoms with Crippen LogP contribution in [0.3, 0.4) is 0 Å². The van der Waals surface area contributed by atoms with Crippen LogP contribution in [0.2, 0.25) is 4.47 Å². The summed E-state index contributed by atoms with van der Waals surface area (Å²) in [6, 6.07) is 0. The Labute approximate surface area is 83.0 Å². The Hall–Kier alpha value is -0.720. The summed E-state index contributed by atoms with van der Waals surface area (Å²) in [5.74, 6) is -0.139. The molecule has 13 heavy (non-hydrogen) atoms. The minimum absolute atomic E-state index is 0.139. The molecule has 1 N–H and O–H groups in total. The molecule has 70 valence electrons. The van der Waals surface area contributed by atoms with E-state index in [0.717, 1.165) is 11.3 Å². The van der Waals surface area contributed by atoms with E-state index in [9.17, 15) is 9.90 Å². The van der Waals surface area contributed by atoms with E-state index in [4.69, 9.17) is 11.6 Å². The Morgan fingerprint density at radius 1 is 1.62 bits per heavy atom. The zero-order chi connectivity index (χ0) is 9.42. The van der Waals surface area contributed by atoms with Gasteiger partial charge < -0.3 is 5.11 Å². The van der Waals surface area contributed by atoms with E-state index in [1.165, 1.54) is 4.90 Å². The first kappa shape index (κ1) is 8.86. The van der Waals surface area contributed by atoms with Gasteiger partial charge in [0.15, 0.2) is 0 Å². The molecule has 1 aromatic heterocycles. The van der Waals surface area contributed by atoms with E-state index in [1.54, 1.807) is 0 Å². The van der Waals surface area contributed by atoms with E-state index in [1.807, 2.05) is 0 Å². The van der Waals surface area contributed by atoms with Gasteiger partial charge in [0.25, 0.3) is 0 Å². The summed E-state index contributed by atoms with van der Waals surface area (Å²) in [5, 5.41) is 16.9. The van der Waals surface area contributed by atoms with Crippen molar-refractivity contribution in [2.24, 2.45) is 0 Å². The number of carbonyl (C=O) groups is 1. The monoisotopic (exact) mass is 219 g/mol. The summed E-state index contributed by atoms with van der Waals surface area (Å²) >= 11 is 6.70. The van der Waals surface area contributed by atoms with Gasteiger partial charge >= 0.3 is 0 Å². The van der Waals surface area contributed by atoms with Crippen LogP contribution in [0.4, 0.5) is 5.13 Å². The topological polar surface area (TPSA) is 66.3 Å². The largest absolute Gasteiger partial charge is 0.391 e. The van der Waals surface area contributed by atoms with Gasteiger partial charge in [-0.3, -0.25) is 9.69 Å². The van der Waals surface area contributed by atoms with Gasteiger partial charge in [0.2, 0.25) is 15.5 Å². The maximum atomic E-state index is 11.3. The highest BCUT2D eigenvalue weighted by Crippen LogP contribution is 2.27. The third-order valence-electron chi connectivity index (χ3n) is 1.73. The van der Waals surface area contributed by atoms with Crippen molar-refractivity contribution in [1.82, 2.24) is 10.2 Å². The third-order valence-corrected chi connectivity index (χ3v) is 2.77. The van der Waals surface area contributed by atoms with Gasteiger partial charge in [0.05, 0.1) is 19.1 Å². The van der Waals surface area contributed by atoms with Crippen molar-refractivity contribution in [3.8, 4) is 0 Å². The van der Waals surface area contributed by atoms with Crippen molar-refractivity contribution >= 4 is 34.0 Å². The SMILES string of the molecule is O=C1CC(O)CN1c1nnc(Cl)s1. The lowest BCUT2D eigenvalue weighted by atomic mass is 10.3. The van der Waals surface area contributed by atoms with Crippen molar-refractivity contribution in [2.45, 2.75) is 12.5 Å². The van der Waals surface area contributed by atoms with Crippen LogP contribution in [0.25, 0.3) is 0 Å². The first-order chi connectivity index (χ1) is 6.16. The number of hydrogen-bond acceptors (Lipinski definition) is 5. The molecular formula is C6H6ClN3O2S. The molecule has 0 bridgehead atoms. The minimum Gasteiger partial charge on any atom is -0.391 e. The molecule has 1 aliphatic rings. The molecule has 1 unspecified atom stereocenters. The zero-order valence-electron chi connectivity index (χ0n) is 6.47. The number of rotatable bonds is 1. The number of hydrogen-bond donors (Lipinski definition) is 1. The number of halogens is 1. The lowest BCUT2D eigenvalue weighted by molar-refractivity contribution is -0.117. The molecule has 5 nitrogen and oxygen atoms in total. The van der Waals surface area contributed by atoms with Gasteiger partial charge in [-0.1, -0.05) is 11.3 Å². The van der Waals surface area contributed by atoms with Crippen molar-refractivity contribution in [1.29, 1.82) is 0 Å². The summed E-state index contributed by atoms with van der Waals surface area (Å²) < 4.78 is 0.296. The smallest absolute Gasteiger partial charge is 0.231 e. The number of aliphatic hydroxyl groups is 1. The van der Waals surface area contributed by atoms with Gasteiger partial charge in [-0.25, -0.2) is 0 Å². The second kappa shape index (κ2) is 3.21. The van der Waals surface area contributed by atoms with Gasteiger partial charge in [-0.05, 0) is 11.6 Å². The second-order valence-electron chi connectivity index (χ2n) is 2.70. The average Bonchev–Trinajstić information content (AvgIpc) is 2.58. The predicted molar refractivity (Wildman–Crippen MR) is 47.9 cm³/mol. The second-order valence-corrected chi connectivity index (χ2v) is 4.24. The highest BCUT2D eigenvalue weighted by atomic mass is 35.5. The average molecular weight is 220 g/mol. The first-order valence-electron chi connectivity index (χ1n) is 3.64. The number of carbonyl (C=O) groups excluding carboxylic acids is 1. The molecule has 0 saturated carbocycles. The molecule has 1 aliphatic heterocycles. The molecule has 1 aromatic rings. The lowest BCUT2D eigenvalue weighted by Crippen LogP contribution is -2.24. The maximum Gasteiger partial charge on any atom is 0.231 e. The standard InChI is InChI=1S/C6H6ClN3O2S/c7-5-8-9-6(13-5)10-2-3(11)1-4(10)12/h3,11H,1-2H2. The Morgan fingerprint density at radius 3 is 2.85 bits per heavy atom. The molecule has 2 rings (SSSR count). The van der Waals surface area contributed by atoms with Gasteiger partial charge in [0, 0.05) is 0 Å². The fraction of sp³-hybridized carbons (Fsp3) is 0.500. The van der Waals surface area contributed by atoms with Crippen LogP contribution in [0.15, 0.2) is 0 Å². The molecule has 1 fully saturated rings.